The van der Waals surface area contributed by atoms with Crippen molar-refractivity contribution in [1.82, 2.24) is 0 Å². The Hall–Kier alpha value is -3.44. The lowest BCUT2D eigenvalue weighted by atomic mass is 10.0. The summed E-state index contributed by atoms with van der Waals surface area (Å²) in [7, 11) is 3.06. The molecule has 0 aliphatic carbocycles. The van der Waals surface area contributed by atoms with Crippen molar-refractivity contribution in [2.24, 2.45) is 0 Å². The highest BCUT2D eigenvalue weighted by molar-refractivity contribution is 7.13. The molecule has 4 rings (SSSR count). The molecule has 212 valence electrons. The molecule has 7 nitrogen and oxygen atoms in total. The van der Waals surface area contributed by atoms with Gasteiger partial charge in [-0.15, -0.1) is 11.3 Å². The van der Waals surface area contributed by atoms with E-state index in [0.29, 0.717) is 49.8 Å². The molecular weight excluding hydrogens is 585 g/mol. The van der Waals surface area contributed by atoms with E-state index in [4.69, 9.17) is 37.4 Å². The molecule has 0 bridgehead atoms. The maximum atomic E-state index is 13.2. The van der Waals surface area contributed by atoms with Gasteiger partial charge in [0.05, 0.1) is 14.2 Å². The van der Waals surface area contributed by atoms with Crippen LogP contribution in [0.4, 0.5) is 14.5 Å². The number of rotatable bonds is 11. The molecule has 0 fully saturated rings. The standard InChI is InChI=1S/C28H24Cl2F2N2O4S.H2O/c1-36-23-8-6-16(11-25(23)37-2)24(12-20-21(29)14-33-15-22(20)30)38-28(35)26-9-7-19(39-26)13-34-18-5-3-4-17(10-18)27(31)32;/h3-11,14-15,24,27,34H,12-13H2,1-2H3;1H2/t24-;/m0./s1. The molecule has 1 atom stereocenters. The SMILES string of the molecule is COc1ccc([C@H](Cc2c(Cl)c[nH+]cc2Cl)OC(=O)c2ccc(CNc3cccc(C(F)F)c3)s2)cc1OC.[OH-]. The van der Waals surface area contributed by atoms with Crippen LogP contribution < -0.4 is 19.8 Å². The summed E-state index contributed by atoms with van der Waals surface area (Å²) in [6, 6.07) is 14.8. The van der Waals surface area contributed by atoms with Gasteiger partial charge in [0.15, 0.2) is 23.9 Å². The number of carbonyl (C=O) groups excluding carboxylic acids is 1. The quantitative estimate of drug-likeness (QED) is 0.178. The van der Waals surface area contributed by atoms with Crippen molar-refractivity contribution >= 4 is 46.2 Å². The fraction of sp³-hybridized carbons (Fsp3) is 0.214. The molecule has 2 aromatic heterocycles. The van der Waals surface area contributed by atoms with E-state index in [0.717, 1.165) is 4.88 Å². The fourth-order valence-electron chi connectivity index (χ4n) is 3.88. The minimum absolute atomic E-state index is 0. The van der Waals surface area contributed by atoms with Crippen molar-refractivity contribution in [2.75, 3.05) is 19.5 Å². The Kier molecular flexibility index (Phi) is 11.1. The number of nitrogens with one attached hydrogen (secondary N) is 2. The van der Waals surface area contributed by atoms with Crippen molar-refractivity contribution in [3.05, 3.63) is 103 Å². The van der Waals surface area contributed by atoms with E-state index in [1.165, 1.54) is 37.7 Å². The summed E-state index contributed by atoms with van der Waals surface area (Å²) in [5, 5.41) is 3.92. The third-order valence-corrected chi connectivity index (χ3v) is 7.62. The number of carbonyl (C=O) groups is 1. The van der Waals surface area contributed by atoms with E-state index < -0.39 is 18.5 Å². The number of anilines is 1. The second-order valence-electron chi connectivity index (χ2n) is 8.39. The van der Waals surface area contributed by atoms with Crippen molar-refractivity contribution in [2.45, 2.75) is 25.5 Å². The third kappa shape index (κ3) is 7.60. The predicted octanol–water partition coefficient (Wildman–Crippen LogP) is 7.40. The van der Waals surface area contributed by atoms with Crippen LogP contribution in [0.25, 0.3) is 0 Å². The molecule has 2 heterocycles. The minimum Gasteiger partial charge on any atom is -0.870 e. The summed E-state index contributed by atoms with van der Waals surface area (Å²) in [5.41, 5.74) is 1.78. The van der Waals surface area contributed by atoms with Crippen LogP contribution in [0.15, 0.2) is 67.0 Å². The van der Waals surface area contributed by atoms with Gasteiger partial charge >= 0.3 is 5.97 Å². The van der Waals surface area contributed by atoms with Gasteiger partial charge in [-0.05, 0) is 42.0 Å². The zero-order chi connectivity index (χ0) is 27.9. The number of benzene rings is 2. The van der Waals surface area contributed by atoms with E-state index >= 15 is 0 Å². The first-order valence-corrected chi connectivity index (χ1v) is 13.3. The van der Waals surface area contributed by atoms with Gasteiger partial charge in [0.1, 0.15) is 21.0 Å². The second kappa shape index (κ2) is 14.3. The van der Waals surface area contributed by atoms with E-state index in [-0.39, 0.29) is 17.5 Å². The molecule has 2 aromatic carbocycles. The molecule has 4 aromatic rings. The monoisotopic (exact) mass is 610 g/mol. The van der Waals surface area contributed by atoms with E-state index in [1.54, 1.807) is 54.9 Å². The van der Waals surface area contributed by atoms with Gasteiger partial charge in [-0.3, -0.25) is 0 Å². The maximum Gasteiger partial charge on any atom is 0.348 e. The largest absolute Gasteiger partial charge is 0.870 e. The Labute approximate surface area is 243 Å². The Morgan fingerprint density at radius 3 is 2.38 bits per heavy atom. The smallest absolute Gasteiger partial charge is 0.348 e. The second-order valence-corrected chi connectivity index (χ2v) is 10.4. The van der Waals surface area contributed by atoms with Gasteiger partial charge in [0, 0.05) is 34.7 Å². The molecule has 0 saturated carbocycles. The van der Waals surface area contributed by atoms with Gasteiger partial charge < -0.3 is 25.0 Å². The molecule has 0 unspecified atom stereocenters. The summed E-state index contributed by atoms with van der Waals surface area (Å²) in [6.45, 7) is 0.357. The number of halogens is 4. The average molecular weight is 611 g/mol. The first-order chi connectivity index (χ1) is 18.8. The molecule has 0 aliphatic heterocycles. The lowest BCUT2D eigenvalue weighted by Crippen LogP contribution is -2.15. The first-order valence-electron chi connectivity index (χ1n) is 11.8. The van der Waals surface area contributed by atoms with Crippen LogP contribution in [0.5, 0.6) is 11.5 Å². The van der Waals surface area contributed by atoms with Crippen LogP contribution in [0.3, 0.4) is 0 Å². The van der Waals surface area contributed by atoms with Crippen LogP contribution in [-0.4, -0.2) is 25.7 Å². The molecule has 0 radical (unpaired) electrons. The zero-order valence-corrected chi connectivity index (χ0v) is 23.7. The van der Waals surface area contributed by atoms with Crippen molar-refractivity contribution in [3.8, 4) is 11.5 Å². The van der Waals surface area contributed by atoms with Gasteiger partial charge in [0.2, 0.25) is 0 Å². The van der Waals surface area contributed by atoms with Crippen molar-refractivity contribution < 1.29 is 38.2 Å². The highest BCUT2D eigenvalue weighted by Gasteiger charge is 2.24. The number of methoxy groups -OCH3 is 2. The fourth-order valence-corrected chi connectivity index (χ4v) is 5.24. The number of thiophene rings is 1. The van der Waals surface area contributed by atoms with Crippen molar-refractivity contribution in [3.63, 3.8) is 0 Å². The molecule has 3 N–H and O–H groups in total. The first kappa shape index (κ1) is 31.1. The molecular formula is C28H26Cl2F2N2O5S. The molecule has 0 amide bonds. The minimum atomic E-state index is -2.55. The Morgan fingerprint density at radius 1 is 0.975 bits per heavy atom. The number of pyridine rings is 1. The number of hydrogen-bond acceptors (Lipinski definition) is 7. The van der Waals surface area contributed by atoms with Gasteiger partial charge in [0.25, 0.3) is 6.43 Å². The van der Waals surface area contributed by atoms with Crippen LogP contribution in [-0.2, 0) is 17.7 Å². The summed E-state index contributed by atoms with van der Waals surface area (Å²) in [5.74, 6) is 0.488. The summed E-state index contributed by atoms with van der Waals surface area (Å²) >= 11 is 14.0. The van der Waals surface area contributed by atoms with Crippen LogP contribution >= 0.6 is 34.5 Å². The van der Waals surface area contributed by atoms with Crippen LogP contribution in [0.2, 0.25) is 10.0 Å². The third-order valence-electron chi connectivity index (χ3n) is 5.88. The van der Waals surface area contributed by atoms with Gasteiger partial charge in [-0.2, -0.15) is 0 Å². The Balaban J connectivity index is 0.00000441. The highest BCUT2D eigenvalue weighted by Crippen LogP contribution is 2.35. The van der Waals surface area contributed by atoms with Crippen molar-refractivity contribution in [1.29, 1.82) is 0 Å². The number of H-pyrrole nitrogens is 1. The van der Waals surface area contributed by atoms with Crippen LogP contribution in [0.1, 0.15) is 43.8 Å². The Bertz CT molecular complexity index is 1430. The maximum absolute atomic E-state index is 13.2. The molecule has 0 spiro atoms. The average Bonchev–Trinajstić information content (AvgIpc) is 3.42. The number of aromatic amines is 1. The normalized spacial score (nSPS) is 11.5. The van der Waals surface area contributed by atoms with Crippen LogP contribution in [0, 0.1) is 0 Å². The van der Waals surface area contributed by atoms with E-state index in [2.05, 4.69) is 10.3 Å². The van der Waals surface area contributed by atoms with E-state index in [9.17, 15) is 13.6 Å². The van der Waals surface area contributed by atoms with Gasteiger partial charge in [-0.25, -0.2) is 18.6 Å². The number of esters is 1. The summed E-state index contributed by atoms with van der Waals surface area (Å²) in [6.07, 6.45) is 0.133. The lowest BCUT2D eigenvalue weighted by molar-refractivity contribution is -0.377. The van der Waals surface area contributed by atoms with Gasteiger partial charge in [-0.1, -0.05) is 41.4 Å². The molecule has 12 heteroatoms. The number of aromatic nitrogens is 1. The predicted molar refractivity (Wildman–Crippen MR) is 149 cm³/mol. The summed E-state index contributed by atoms with van der Waals surface area (Å²) < 4.78 is 42.7. The zero-order valence-electron chi connectivity index (χ0n) is 21.4. The molecule has 0 saturated heterocycles. The lowest BCUT2D eigenvalue weighted by Gasteiger charge is -2.20. The molecule has 40 heavy (non-hydrogen) atoms. The summed E-state index contributed by atoms with van der Waals surface area (Å²) in [4.78, 5) is 17.3. The highest BCUT2D eigenvalue weighted by atomic mass is 35.5. The number of ether oxygens (including phenoxy) is 3. The molecule has 0 aliphatic rings. The Morgan fingerprint density at radius 2 is 1.70 bits per heavy atom. The van der Waals surface area contributed by atoms with E-state index in [1.807, 2.05) is 0 Å². The number of hydrogen-bond donors (Lipinski definition) is 1. The topological polar surface area (TPSA) is 101 Å². The number of alkyl halides is 2.